The van der Waals surface area contributed by atoms with Crippen LogP contribution >= 0.6 is 0 Å². The summed E-state index contributed by atoms with van der Waals surface area (Å²) in [7, 11) is 3.32. The second-order valence-electron chi connectivity index (χ2n) is 4.61. The molecule has 0 radical (unpaired) electrons. The van der Waals surface area contributed by atoms with Gasteiger partial charge in [0.15, 0.2) is 11.5 Å². The Hall–Kier alpha value is -2.36. The Morgan fingerprint density at radius 3 is 2.29 bits per heavy atom. The van der Waals surface area contributed by atoms with Crippen LogP contribution in [0.3, 0.4) is 0 Å². The highest BCUT2D eigenvalue weighted by Crippen LogP contribution is 2.25. The average molecular weight is 287 g/mol. The maximum absolute atomic E-state index is 5.71. The molecular formula is C17H21NO3. The van der Waals surface area contributed by atoms with Crippen molar-refractivity contribution in [2.75, 3.05) is 32.7 Å². The topological polar surface area (TPSA) is 39.7 Å². The first-order chi connectivity index (χ1) is 10.2. The second-order valence-corrected chi connectivity index (χ2v) is 4.61. The van der Waals surface area contributed by atoms with Crippen LogP contribution in [0.1, 0.15) is 5.56 Å². The summed E-state index contributed by atoms with van der Waals surface area (Å²) in [6.07, 6.45) is 0. The number of rotatable bonds is 7. The van der Waals surface area contributed by atoms with Crippen molar-refractivity contribution in [3.8, 4) is 17.2 Å². The summed E-state index contributed by atoms with van der Waals surface area (Å²) < 4.78 is 16.2. The van der Waals surface area contributed by atoms with Crippen LogP contribution in [0.25, 0.3) is 0 Å². The largest absolute Gasteiger partial charge is 0.496 e. The van der Waals surface area contributed by atoms with Gasteiger partial charge in [-0.25, -0.2) is 0 Å². The summed E-state index contributed by atoms with van der Waals surface area (Å²) in [6, 6.07) is 13.6. The molecule has 0 saturated heterocycles. The lowest BCUT2D eigenvalue weighted by Gasteiger charge is -2.12. The third kappa shape index (κ3) is 4.05. The van der Waals surface area contributed by atoms with Gasteiger partial charge in [-0.3, -0.25) is 0 Å². The number of methoxy groups -OCH3 is 2. The Morgan fingerprint density at radius 2 is 1.62 bits per heavy atom. The Kier molecular flexibility index (Phi) is 5.32. The molecule has 0 aliphatic carbocycles. The molecule has 2 rings (SSSR count). The summed E-state index contributed by atoms with van der Waals surface area (Å²) >= 11 is 0. The number of para-hydroxylation sites is 2. The van der Waals surface area contributed by atoms with E-state index in [1.807, 2.05) is 43.3 Å². The normalized spacial score (nSPS) is 10.0. The van der Waals surface area contributed by atoms with E-state index in [4.69, 9.17) is 14.2 Å². The van der Waals surface area contributed by atoms with Crippen molar-refractivity contribution in [3.05, 3.63) is 48.0 Å². The van der Waals surface area contributed by atoms with Gasteiger partial charge in [-0.2, -0.15) is 0 Å². The van der Waals surface area contributed by atoms with E-state index in [-0.39, 0.29) is 0 Å². The van der Waals surface area contributed by atoms with Gasteiger partial charge >= 0.3 is 0 Å². The van der Waals surface area contributed by atoms with Gasteiger partial charge in [-0.05, 0) is 42.8 Å². The van der Waals surface area contributed by atoms with Crippen LogP contribution in [0.5, 0.6) is 17.2 Å². The second kappa shape index (κ2) is 7.43. The molecule has 112 valence electrons. The molecule has 0 bridgehead atoms. The molecule has 1 N–H and O–H groups in total. The Bertz CT molecular complexity index is 584. The maximum atomic E-state index is 5.71. The van der Waals surface area contributed by atoms with Crippen LogP contribution in [-0.4, -0.2) is 27.4 Å². The smallest absolute Gasteiger partial charge is 0.161 e. The Labute approximate surface area is 125 Å². The molecule has 0 aromatic heterocycles. The lowest BCUT2D eigenvalue weighted by atomic mass is 10.2. The molecule has 0 amide bonds. The average Bonchev–Trinajstić information content (AvgIpc) is 2.52. The van der Waals surface area contributed by atoms with E-state index in [2.05, 4.69) is 11.4 Å². The first-order valence-corrected chi connectivity index (χ1v) is 6.89. The van der Waals surface area contributed by atoms with Gasteiger partial charge in [0.05, 0.1) is 14.2 Å². The third-order valence-electron chi connectivity index (χ3n) is 3.15. The predicted octanol–water partition coefficient (Wildman–Crippen LogP) is 3.50. The van der Waals surface area contributed by atoms with Gasteiger partial charge in [-0.15, -0.1) is 0 Å². The minimum absolute atomic E-state index is 0.561. The molecule has 0 unspecified atom stereocenters. The van der Waals surface area contributed by atoms with Gasteiger partial charge in [0.25, 0.3) is 0 Å². The van der Waals surface area contributed by atoms with E-state index in [1.165, 1.54) is 0 Å². The number of anilines is 1. The highest BCUT2D eigenvalue weighted by molar-refractivity contribution is 5.50. The van der Waals surface area contributed by atoms with E-state index in [0.717, 1.165) is 28.5 Å². The summed E-state index contributed by atoms with van der Waals surface area (Å²) in [4.78, 5) is 0. The molecule has 0 aliphatic heterocycles. The van der Waals surface area contributed by atoms with Gasteiger partial charge in [0.1, 0.15) is 12.4 Å². The zero-order valence-corrected chi connectivity index (χ0v) is 12.7. The fourth-order valence-corrected chi connectivity index (χ4v) is 2.08. The number of nitrogens with one attached hydrogen (secondary N) is 1. The van der Waals surface area contributed by atoms with Crippen LogP contribution in [0.15, 0.2) is 42.5 Å². The van der Waals surface area contributed by atoms with Crippen LogP contribution in [-0.2, 0) is 0 Å². The summed E-state index contributed by atoms with van der Waals surface area (Å²) in [6.45, 7) is 3.30. The summed E-state index contributed by atoms with van der Waals surface area (Å²) in [5.74, 6) is 2.40. The first kappa shape index (κ1) is 15.0. The first-order valence-electron chi connectivity index (χ1n) is 6.89. The molecule has 2 aromatic rings. The monoisotopic (exact) mass is 287 g/mol. The molecule has 0 spiro atoms. The van der Waals surface area contributed by atoms with E-state index in [0.29, 0.717) is 13.2 Å². The number of aryl methyl sites for hydroxylation is 1. The molecule has 0 atom stereocenters. The zero-order valence-electron chi connectivity index (χ0n) is 12.7. The standard InChI is InChI=1S/C17H21NO3/c1-13-12-14(8-9-15(13)19-2)18-10-11-21-17-7-5-4-6-16(17)20-3/h4-9,12,18H,10-11H2,1-3H3. The van der Waals surface area contributed by atoms with Crippen molar-refractivity contribution in [2.24, 2.45) is 0 Å². The van der Waals surface area contributed by atoms with E-state index < -0.39 is 0 Å². The molecule has 4 heteroatoms. The Morgan fingerprint density at radius 1 is 0.905 bits per heavy atom. The quantitative estimate of drug-likeness (QED) is 0.791. The molecule has 0 fully saturated rings. The number of hydrogen-bond donors (Lipinski definition) is 1. The molecule has 0 aliphatic rings. The van der Waals surface area contributed by atoms with Crippen LogP contribution in [0, 0.1) is 6.92 Å². The molecular weight excluding hydrogens is 266 g/mol. The fourth-order valence-electron chi connectivity index (χ4n) is 2.08. The van der Waals surface area contributed by atoms with Crippen molar-refractivity contribution in [1.29, 1.82) is 0 Å². The maximum Gasteiger partial charge on any atom is 0.161 e. The van der Waals surface area contributed by atoms with Crippen molar-refractivity contribution in [1.82, 2.24) is 0 Å². The van der Waals surface area contributed by atoms with Crippen LogP contribution in [0.2, 0.25) is 0 Å². The number of benzene rings is 2. The van der Waals surface area contributed by atoms with Crippen molar-refractivity contribution >= 4 is 5.69 Å². The minimum atomic E-state index is 0.561. The Balaban J connectivity index is 1.83. The molecule has 0 heterocycles. The highest BCUT2D eigenvalue weighted by atomic mass is 16.5. The predicted molar refractivity (Wildman–Crippen MR) is 84.7 cm³/mol. The summed E-state index contributed by atoms with van der Waals surface area (Å²) in [5.41, 5.74) is 2.16. The molecule has 0 saturated carbocycles. The van der Waals surface area contributed by atoms with Crippen molar-refractivity contribution < 1.29 is 14.2 Å². The zero-order chi connectivity index (χ0) is 15.1. The lowest BCUT2D eigenvalue weighted by Crippen LogP contribution is -2.12. The van der Waals surface area contributed by atoms with Crippen molar-refractivity contribution in [2.45, 2.75) is 6.92 Å². The SMILES string of the molecule is COc1ccc(NCCOc2ccccc2OC)cc1C. The van der Waals surface area contributed by atoms with Crippen LogP contribution in [0.4, 0.5) is 5.69 Å². The third-order valence-corrected chi connectivity index (χ3v) is 3.15. The van der Waals surface area contributed by atoms with Gasteiger partial charge < -0.3 is 19.5 Å². The van der Waals surface area contributed by atoms with Crippen molar-refractivity contribution in [3.63, 3.8) is 0 Å². The fraction of sp³-hybridized carbons (Fsp3) is 0.294. The molecule has 21 heavy (non-hydrogen) atoms. The molecule has 4 nitrogen and oxygen atoms in total. The van der Waals surface area contributed by atoms with E-state index >= 15 is 0 Å². The van der Waals surface area contributed by atoms with Crippen LogP contribution < -0.4 is 19.5 Å². The van der Waals surface area contributed by atoms with E-state index in [1.54, 1.807) is 14.2 Å². The lowest BCUT2D eigenvalue weighted by molar-refractivity contribution is 0.306. The van der Waals surface area contributed by atoms with Gasteiger partial charge in [0.2, 0.25) is 0 Å². The van der Waals surface area contributed by atoms with Gasteiger partial charge in [0, 0.05) is 12.2 Å². The highest BCUT2D eigenvalue weighted by Gasteiger charge is 2.02. The number of hydrogen-bond acceptors (Lipinski definition) is 4. The number of ether oxygens (including phenoxy) is 3. The van der Waals surface area contributed by atoms with Gasteiger partial charge in [-0.1, -0.05) is 12.1 Å². The minimum Gasteiger partial charge on any atom is -0.496 e. The van der Waals surface area contributed by atoms with E-state index in [9.17, 15) is 0 Å². The summed E-state index contributed by atoms with van der Waals surface area (Å²) in [5, 5.41) is 3.32. The molecule has 2 aromatic carbocycles.